The molecule has 0 amide bonds. The second-order valence-corrected chi connectivity index (χ2v) is 4.86. The highest BCUT2D eigenvalue weighted by molar-refractivity contribution is 6.30. The lowest BCUT2D eigenvalue weighted by Crippen LogP contribution is -2.01. The normalized spacial score (nSPS) is 17.7. The quantitative estimate of drug-likeness (QED) is 0.638. The average molecular weight is 236 g/mol. The van der Waals surface area contributed by atoms with Gasteiger partial charge in [0.15, 0.2) is 0 Å². The first-order chi connectivity index (χ1) is 7.84. The summed E-state index contributed by atoms with van der Waals surface area (Å²) in [6.07, 6.45) is 9.05. The van der Waals surface area contributed by atoms with Gasteiger partial charge in [-0.05, 0) is 49.9 Å². The van der Waals surface area contributed by atoms with Crippen molar-refractivity contribution in [3.63, 3.8) is 0 Å². The number of aliphatic imine (C=N–C) groups is 1. The van der Waals surface area contributed by atoms with Gasteiger partial charge in [0.05, 0.1) is 5.69 Å². The van der Waals surface area contributed by atoms with Gasteiger partial charge < -0.3 is 0 Å². The zero-order chi connectivity index (χ0) is 11.2. The molecule has 1 aromatic carbocycles. The van der Waals surface area contributed by atoms with Crippen LogP contribution < -0.4 is 0 Å². The Hall–Kier alpha value is -0.820. The van der Waals surface area contributed by atoms with Crippen molar-refractivity contribution in [1.82, 2.24) is 0 Å². The lowest BCUT2D eigenvalue weighted by atomic mass is 9.99. The minimum atomic E-state index is 0.779. The number of halogens is 1. The topological polar surface area (TPSA) is 12.4 Å². The lowest BCUT2D eigenvalue weighted by molar-refractivity contribution is 0.607. The van der Waals surface area contributed by atoms with E-state index in [4.69, 9.17) is 16.6 Å². The van der Waals surface area contributed by atoms with E-state index in [2.05, 4.69) is 0 Å². The van der Waals surface area contributed by atoms with E-state index in [9.17, 15) is 0 Å². The van der Waals surface area contributed by atoms with Crippen LogP contribution in [0.25, 0.3) is 0 Å². The predicted octanol–water partition coefficient (Wildman–Crippen LogP) is 5.16. The maximum absolute atomic E-state index is 5.85. The molecule has 1 aromatic rings. The molecule has 1 nitrogen and oxygen atoms in total. The molecule has 2 rings (SSSR count). The average Bonchev–Trinajstić information content (AvgIpc) is 2.25. The SMILES string of the molecule is Clc1ccc(N=C2CCCCCCC2)cc1. The first kappa shape index (κ1) is 11.7. The largest absolute Gasteiger partial charge is 0.258 e. The number of benzene rings is 1. The highest BCUT2D eigenvalue weighted by Gasteiger charge is 2.04. The van der Waals surface area contributed by atoms with Gasteiger partial charge in [-0.3, -0.25) is 4.99 Å². The van der Waals surface area contributed by atoms with Gasteiger partial charge in [0.25, 0.3) is 0 Å². The van der Waals surface area contributed by atoms with E-state index in [0.717, 1.165) is 10.7 Å². The molecule has 0 N–H and O–H groups in total. The van der Waals surface area contributed by atoms with E-state index in [-0.39, 0.29) is 0 Å². The highest BCUT2D eigenvalue weighted by atomic mass is 35.5. The predicted molar refractivity (Wildman–Crippen MR) is 70.9 cm³/mol. The van der Waals surface area contributed by atoms with Crippen molar-refractivity contribution in [2.75, 3.05) is 0 Å². The molecule has 0 spiro atoms. The summed E-state index contributed by atoms with van der Waals surface area (Å²) < 4.78 is 0. The Labute approximate surface area is 103 Å². The maximum Gasteiger partial charge on any atom is 0.0630 e. The molecule has 0 radical (unpaired) electrons. The molecule has 2 heteroatoms. The van der Waals surface area contributed by atoms with Gasteiger partial charge in [-0.15, -0.1) is 0 Å². The van der Waals surface area contributed by atoms with E-state index in [0.29, 0.717) is 0 Å². The molecule has 1 fully saturated rings. The van der Waals surface area contributed by atoms with E-state index >= 15 is 0 Å². The molecular weight excluding hydrogens is 218 g/mol. The zero-order valence-corrected chi connectivity index (χ0v) is 10.3. The van der Waals surface area contributed by atoms with Crippen LogP contribution in [0.3, 0.4) is 0 Å². The van der Waals surface area contributed by atoms with Crippen LogP contribution in [-0.4, -0.2) is 5.71 Å². The summed E-state index contributed by atoms with van der Waals surface area (Å²) in [6.45, 7) is 0. The standard InChI is InChI=1S/C14H18ClN/c15-12-8-10-14(11-9-12)16-13-6-4-2-1-3-5-7-13/h8-11H,1-7H2. The number of nitrogens with zero attached hydrogens (tertiary/aromatic N) is 1. The smallest absolute Gasteiger partial charge is 0.0630 e. The minimum Gasteiger partial charge on any atom is -0.258 e. The molecule has 86 valence electrons. The van der Waals surface area contributed by atoms with E-state index in [1.807, 2.05) is 24.3 Å². The number of hydrogen-bond donors (Lipinski definition) is 0. The highest BCUT2D eigenvalue weighted by Crippen LogP contribution is 2.20. The molecule has 0 heterocycles. The molecule has 1 saturated carbocycles. The Morgan fingerprint density at radius 1 is 0.812 bits per heavy atom. The van der Waals surface area contributed by atoms with Crippen LogP contribution in [0, 0.1) is 0 Å². The Morgan fingerprint density at radius 2 is 1.38 bits per heavy atom. The van der Waals surface area contributed by atoms with Crippen LogP contribution in [0.15, 0.2) is 29.3 Å². The summed E-state index contributed by atoms with van der Waals surface area (Å²) in [5.74, 6) is 0. The fourth-order valence-electron chi connectivity index (χ4n) is 2.12. The molecule has 16 heavy (non-hydrogen) atoms. The third-order valence-corrected chi connectivity index (χ3v) is 3.30. The van der Waals surface area contributed by atoms with Crippen LogP contribution in [-0.2, 0) is 0 Å². The minimum absolute atomic E-state index is 0.779. The Balaban J connectivity index is 2.05. The molecule has 0 unspecified atom stereocenters. The van der Waals surface area contributed by atoms with Gasteiger partial charge in [-0.25, -0.2) is 0 Å². The van der Waals surface area contributed by atoms with Crippen molar-refractivity contribution in [3.8, 4) is 0 Å². The molecular formula is C14H18ClN. The number of hydrogen-bond acceptors (Lipinski definition) is 1. The van der Waals surface area contributed by atoms with Gasteiger partial charge in [-0.1, -0.05) is 30.9 Å². The van der Waals surface area contributed by atoms with Gasteiger partial charge in [-0.2, -0.15) is 0 Å². The summed E-state index contributed by atoms with van der Waals surface area (Å²) in [5, 5.41) is 0.779. The van der Waals surface area contributed by atoms with Crippen molar-refractivity contribution in [2.24, 2.45) is 4.99 Å². The summed E-state index contributed by atoms with van der Waals surface area (Å²) in [7, 11) is 0. The molecule has 0 aliphatic heterocycles. The molecule has 0 saturated heterocycles. The van der Waals surface area contributed by atoms with Gasteiger partial charge in [0.1, 0.15) is 0 Å². The van der Waals surface area contributed by atoms with Gasteiger partial charge in [0.2, 0.25) is 0 Å². The summed E-state index contributed by atoms with van der Waals surface area (Å²) in [5.41, 5.74) is 2.40. The van der Waals surface area contributed by atoms with Crippen LogP contribution in [0.2, 0.25) is 5.02 Å². The van der Waals surface area contributed by atoms with Gasteiger partial charge in [0, 0.05) is 10.7 Å². The van der Waals surface area contributed by atoms with E-state index < -0.39 is 0 Å². The van der Waals surface area contributed by atoms with Crippen molar-refractivity contribution >= 4 is 23.0 Å². The van der Waals surface area contributed by atoms with Crippen molar-refractivity contribution < 1.29 is 0 Å². The van der Waals surface area contributed by atoms with Crippen LogP contribution >= 0.6 is 11.6 Å². The fourth-order valence-corrected chi connectivity index (χ4v) is 2.25. The third kappa shape index (κ3) is 3.64. The van der Waals surface area contributed by atoms with Crippen LogP contribution in [0.5, 0.6) is 0 Å². The van der Waals surface area contributed by atoms with E-state index in [1.165, 1.54) is 50.7 Å². The van der Waals surface area contributed by atoms with Crippen LogP contribution in [0.1, 0.15) is 44.9 Å². The van der Waals surface area contributed by atoms with Crippen LogP contribution in [0.4, 0.5) is 5.69 Å². The lowest BCUT2D eigenvalue weighted by Gasteiger charge is -2.10. The van der Waals surface area contributed by atoms with Crippen molar-refractivity contribution in [1.29, 1.82) is 0 Å². The monoisotopic (exact) mass is 235 g/mol. The zero-order valence-electron chi connectivity index (χ0n) is 9.58. The molecule has 0 aromatic heterocycles. The maximum atomic E-state index is 5.85. The first-order valence-corrected chi connectivity index (χ1v) is 6.54. The van der Waals surface area contributed by atoms with Crippen molar-refractivity contribution in [3.05, 3.63) is 29.3 Å². The summed E-state index contributed by atoms with van der Waals surface area (Å²) >= 11 is 5.85. The molecule has 0 atom stereocenters. The summed E-state index contributed by atoms with van der Waals surface area (Å²) in [6, 6.07) is 7.80. The third-order valence-electron chi connectivity index (χ3n) is 3.04. The summed E-state index contributed by atoms with van der Waals surface area (Å²) in [4.78, 5) is 4.72. The fraction of sp³-hybridized carbons (Fsp3) is 0.500. The van der Waals surface area contributed by atoms with Crippen molar-refractivity contribution in [2.45, 2.75) is 44.9 Å². The first-order valence-electron chi connectivity index (χ1n) is 6.16. The second-order valence-electron chi connectivity index (χ2n) is 4.42. The molecule has 0 bridgehead atoms. The Morgan fingerprint density at radius 3 is 2.00 bits per heavy atom. The van der Waals surface area contributed by atoms with E-state index in [1.54, 1.807) is 0 Å². The molecule has 1 aliphatic carbocycles. The number of rotatable bonds is 1. The Bertz CT molecular complexity index is 344. The molecule has 1 aliphatic rings. The second kappa shape index (κ2) is 6.05. The van der Waals surface area contributed by atoms with Gasteiger partial charge >= 0.3 is 0 Å². The Kier molecular flexibility index (Phi) is 4.41.